The predicted octanol–water partition coefficient (Wildman–Crippen LogP) is 1.66. The fraction of sp³-hybridized carbons (Fsp3) is 0.615. The molecule has 0 aromatic carbocycles. The number of likely N-dealkylation sites (N-methyl/N-ethyl adjacent to an activating group) is 1. The minimum atomic E-state index is 0.669. The van der Waals surface area contributed by atoms with Gasteiger partial charge in [-0.2, -0.15) is 0 Å². The van der Waals surface area contributed by atoms with Gasteiger partial charge in [-0.1, -0.05) is 12.5 Å². The van der Waals surface area contributed by atoms with Crippen molar-refractivity contribution in [2.45, 2.75) is 31.8 Å². The first-order chi connectivity index (χ1) is 7.84. The predicted molar refractivity (Wildman–Crippen MR) is 66.2 cm³/mol. The molecule has 1 aliphatic rings. The van der Waals surface area contributed by atoms with Gasteiger partial charge in [0.25, 0.3) is 0 Å². The first-order valence-electron chi connectivity index (χ1n) is 6.16. The van der Waals surface area contributed by atoms with Crippen molar-refractivity contribution in [3.63, 3.8) is 0 Å². The van der Waals surface area contributed by atoms with E-state index in [0.29, 0.717) is 6.04 Å². The van der Waals surface area contributed by atoms with Crippen LogP contribution in [-0.4, -0.2) is 36.1 Å². The number of nitrogens with zero attached hydrogens (tertiary/aromatic N) is 2. The summed E-state index contributed by atoms with van der Waals surface area (Å²) in [4.78, 5) is 6.70. The van der Waals surface area contributed by atoms with E-state index >= 15 is 0 Å². The quantitative estimate of drug-likeness (QED) is 0.834. The standard InChI is InChI=1S/C13H21N3/c1-16(10-12-6-2-4-8-14-12)11-13-7-3-5-9-15-13/h2,4,6,8,13,15H,3,5,7,9-11H2,1H3/t13-/m0/s1. The number of rotatable bonds is 4. The van der Waals surface area contributed by atoms with Crippen LogP contribution in [0.1, 0.15) is 25.0 Å². The first-order valence-corrected chi connectivity index (χ1v) is 6.16. The molecule has 0 amide bonds. The van der Waals surface area contributed by atoms with Crippen molar-refractivity contribution in [1.82, 2.24) is 15.2 Å². The molecule has 1 fully saturated rings. The third-order valence-electron chi connectivity index (χ3n) is 3.10. The van der Waals surface area contributed by atoms with Crippen LogP contribution in [0.2, 0.25) is 0 Å². The van der Waals surface area contributed by atoms with E-state index in [2.05, 4.69) is 34.4 Å². The summed E-state index contributed by atoms with van der Waals surface area (Å²) in [5.41, 5.74) is 1.15. The van der Waals surface area contributed by atoms with Gasteiger partial charge in [0.15, 0.2) is 0 Å². The molecule has 1 saturated heterocycles. The number of hydrogen-bond donors (Lipinski definition) is 1. The third-order valence-corrected chi connectivity index (χ3v) is 3.10. The summed E-state index contributed by atoms with van der Waals surface area (Å²) in [7, 11) is 2.17. The second kappa shape index (κ2) is 5.97. The topological polar surface area (TPSA) is 28.2 Å². The highest BCUT2D eigenvalue weighted by molar-refractivity contribution is 5.03. The van der Waals surface area contributed by atoms with Crippen molar-refractivity contribution in [3.8, 4) is 0 Å². The summed E-state index contributed by atoms with van der Waals surface area (Å²) < 4.78 is 0. The molecule has 2 heterocycles. The van der Waals surface area contributed by atoms with Crippen molar-refractivity contribution in [2.75, 3.05) is 20.1 Å². The number of hydrogen-bond acceptors (Lipinski definition) is 3. The van der Waals surface area contributed by atoms with Gasteiger partial charge in [0.05, 0.1) is 5.69 Å². The highest BCUT2D eigenvalue weighted by Gasteiger charge is 2.14. The Labute approximate surface area is 97.9 Å². The molecular weight excluding hydrogens is 198 g/mol. The molecule has 1 atom stereocenters. The van der Waals surface area contributed by atoms with E-state index in [1.165, 1.54) is 25.8 Å². The molecule has 1 aliphatic heterocycles. The van der Waals surface area contributed by atoms with Crippen LogP contribution in [-0.2, 0) is 6.54 Å². The molecule has 0 radical (unpaired) electrons. The Bertz CT molecular complexity index is 293. The van der Waals surface area contributed by atoms with Gasteiger partial charge in [0, 0.05) is 25.3 Å². The van der Waals surface area contributed by atoms with E-state index in [-0.39, 0.29) is 0 Å². The van der Waals surface area contributed by atoms with Gasteiger partial charge >= 0.3 is 0 Å². The Balaban J connectivity index is 1.77. The fourth-order valence-corrected chi connectivity index (χ4v) is 2.29. The van der Waals surface area contributed by atoms with E-state index in [4.69, 9.17) is 0 Å². The average Bonchev–Trinajstić information content (AvgIpc) is 2.31. The highest BCUT2D eigenvalue weighted by Crippen LogP contribution is 2.09. The fourth-order valence-electron chi connectivity index (χ4n) is 2.29. The van der Waals surface area contributed by atoms with Crippen LogP contribution < -0.4 is 5.32 Å². The molecule has 1 N–H and O–H groups in total. The SMILES string of the molecule is CN(Cc1ccccn1)C[C@@H]1CCCCN1. The second-order valence-corrected chi connectivity index (χ2v) is 4.66. The number of aromatic nitrogens is 1. The molecule has 1 aromatic heterocycles. The molecule has 0 unspecified atom stereocenters. The summed E-state index contributed by atoms with van der Waals surface area (Å²) in [6.07, 6.45) is 5.88. The van der Waals surface area contributed by atoms with Crippen LogP contribution in [0.3, 0.4) is 0 Å². The van der Waals surface area contributed by atoms with Crippen LogP contribution >= 0.6 is 0 Å². The summed E-state index contributed by atoms with van der Waals surface area (Å²) in [5.74, 6) is 0. The van der Waals surface area contributed by atoms with Crippen molar-refractivity contribution in [2.24, 2.45) is 0 Å². The molecular formula is C13H21N3. The molecule has 0 saturated carbocycles. The minimum absolute atomic E-state index is 0.669. The number of piperidine rings is 1. The Kier molecular flexibility index (Phi) is 4.31. The lowest BCUT2D eigenvalue weighted by molar-refractivity contribution is 0.254. The molecule has 2 rings (SSSR count). The molecule has 16 heavy (non-hydrogen) atoms. The monoisotopic (exact) mass is 219 g/mol. The van der Waals surface area contributed by atoms with E-state index in [9.17, 15) is 0 Å². The lowest BCUT2D eigenvalue weighted by Crippen LogP contribution is -2.42. The van der Waals surface area contributed by atoms with Crippen LogP contribution in [0.25, 0.3) is 0 Å². The number of nitrogens with one attached hydrogen (secondary N) is 1. The lowest BCUT2D eigenvalue weighted by Gasteiger charge is -2.27. The Morgan fingerprint density at radius 1 is 1.44 bits per heavy atom. The zero-order valence-corrected chi connectivity index (χ0v) is 10.0. The molecule has 88 valence electrons. The van der Waals surface area contributed by atoms with Gasteiger partial charge in [-0.3, -0.25) is 9.88 Å². The molecule has 1 aromatic rings. The molecule has 0 bridgehead atoms. The summed E-state index contributed by atoms with van der Waals surface area (Å²) >= 11 is 0. The maximum absolute atomic E-state index is 4.35. The molecule has 0 aliphatic carbocycles. The van der Waals surface area contributed by atoms with Gasteiger partial charge in [0.2, 0.25) is 0 Å². The van der Waals surface area contributed by atoms with Gasteiger partial charge in [-0.05, 0) is 38.6 Å². The van der Waals surface area contributed by atoms with E-state index in [1.54, 1.807) is 0 Å². The van der Waals surface area contributed by atoms with E-state index < -0.39 is 0 Å². The van der Waals surface area contributed by atoms with Crippen molar-refractivity contribution in [3.05, 3.63) is 30.1 Å². The summed E-state index contributed by atoms with van der Waals surface area (Å²) in [5, 5.41) is 3.57. The average molecular weight is 219 g/mol. The van der Waals surface area contributed by atoms with Crippen molar-refractivity contribution < 1.29 is 0 Å². The minimum Gasteiger partial charge on any atom is -0.313 e. The normalized spacial score (nSPS) is 21.2. The van der Waals surface area contributed by atoms with E-state index in [0.717, 1.165) is 18.8 Å². The first kappa shape index (κ1) is 11.6. The van der Waals surface area contributed by atoms with Crippen LogP contribution in [0, 0.1) is 0 Å². The van der Waals surface area contributed by atoms with Crippen LogP contribution in [0.5, 0.6) is 0 Å². The van der Waals surface area contributed by atoms with Crippen molar-refractivity contribution >= 4 is 0 Å². The second-order valence-electron chi connectivity index (χ2n) is 4.66. The highest BCUT2D eigenvalue weighted by atomic mass is 15.1. The van der Waals surface area contributed by atoms with Crippen molar-refractivity contribution in [1.29, 1.82) is 0 Å². The van der Waals surface area contributed by atoms with Gasteiger partial charge in [-0.25, -0.2) is 0 Å². The lowest BCUT2D eigenvalue weighted by atomic mass is 10.0. The van der Waals surface area contributed by atoms with Crippen LogP contribution in [0.4, 0.5) is 0 Å². The maximum Gasteiger partial charge on any atom is 0.0543 e. The summed E-state index contributed by atoms with van der Waals surface area (Å²) in [6, 6.07) is 6.77. The summed E-state index contributed by atoms with van der Waals surface area (Å²) in [6.45, 7) is 3.25. The smallest absolute Gasteiger partial charge is 0.0543 e. The number of pyridine rings is 1. The Morgan fingerprint density at radius 3 is 3.06 bits per heavy atom. The Hall–Kier alpha value is -0.930. The molecule has 3 heteroatoms. The van der Waals surface area contributed by atoms with E-state index in [1.807, 2.05) is 12.3 Å². The van der Waals surface area contributed by atoms with Crippen LogP contribution in [0.15, 0.2) is 24.4 Å². The maximum atomic E-state index is 4.35. The largest absolute Gasteiger partial charge is 0.313 e. The van der Waals surface area contributed by atoms with Gasteiger partial charge < -0.3 is 5.32 Å². The van der Waals surface area contributed by atoms with Gasteiger partial charge in [-0.15, -0.1) is 0 Å². The Morgan fingerprint density at radius 2 is 2.38 bits per heavy atom. The van der Waals surface area contributed by atoms with Gasteiger partial charge in [0.1, 0.15) is 0 Å². The molecule has 0 spiro atoms. The third kappa shape index (κ3) is 3.58. The molecule has 3 nitrogen and oxygen atoms in total. The zero-order valence-electron chi connectivity index (χ0n) is 10.0. The zero-order chi connectivity index (χ0) is 11.2.